The van der Waals surface area contributed by atoms with E-state index in [1.807, 2.05) is 35.6 Å². The van der Waals surface area contributed by atoms with Crippen LogP contribution < -0.4 is 0 Å². The Labute approximate surface area is 320 Å². The number of benzene rings is 8. The second-order valence-electron chi connectivity index (χ2n) is 14.0. The first-order chi connectivity index (χ1) is 27.2. The fourth-order valence-corrected chi connectivity index (χ4v) is 9.72. The van der Waals surface area contributed by atoms with Gasteiger partial charge < -0.3 is 9.13 Å². The lowest BCUT2D eigenvalue weighted by atomic mass is 9.94. The second kappa shape index (κ2) is 12.0. The van der Waals surface area contributed by atoms with Crippen LogP contribution in [-0.4, -0.2) is 9.13 Å². The molecule has 0 fully saturated rings. The summed E-state index contributed by atoms with van der Waals surface area (Å²) >= 11 is 1.81. The van der Waals surface area contributed by atoms with Crippen LogP contribution >= 0.6 is 11.3 Å². The van der Waals surface area contributed by atoms with E-state index in [2.05, 4.69) is 167 Å². The molecule has 3 aromatic heterocycles. The van der Waals surface area contributed by atoms with E-state index >= 15 is 0 Å². The van der Waals surface area contributed by atoms with Gasteiger partial charge in [-0.3, -0.25) is 0 Å². The molecular weight excluding hydrogens is 689 g/mol. The van der Waals surface area contributed by atoms with Gasteiger partial charge in [0.15, 0.2) is 0 Å². The normalized spacial score (nSPS) is 11.6. The molecule has 0 aliphatic heterocycles. The van der Waals surface area contributed by atoms with E-state index in [-0.39, 0.29) is 0 Å². The van der Waals surface area contributed by atoms with Crippen LogP contribution in [0, 0.1) is 22.7 Å². The summed E-state index contributed by atoms with van der Waals surface area (Å²) in [5, 5.41) is 26.5. The van der Waals surface area contributed by atoms with Crippen LogP contribution in [-0.2, 0) is 0 Å². The largest absolute Gasteiger partial charge is 0.309 e. The Kier molecular flexibility index (Phi) is 6.82. The van der Waals surface area contributed by atoms with E-state index in [4.69, 9.17) is 0 Å². The maximum absolute atomic E-state index is 9.94. The molecule has 11 aromatic rings. The zero-order chi connectivity index (χ0) is 36.6. The number of rotatable bonds is 4. The van der Waals surface area contributed by atoms with Gasteiger partial charge in [-0.1, -0.05) is 84.9 Å². The molecule has 0 amide bonds. The van der Waals surface area contributed by atoms with Crippen molar-refractivity contribution in [3.63, 3.8) is 0 Å². The minimum atomic E-state index is 0.654. The average molecular weight is 717 g/mol. The highest BCUT2D eigenvalue weighted by Gasteiger charge is 2.20. The van der Waals surface area contributed by atoms with Crippen LogP contribution in [0.2, 0.25) is 0 Å². The minimum Gasteiger partial charge on any atom is -0.309 e. The molecule has 0 radical (unpaired) electrons. The van der Waals surface area contributed by atoms with Gasteiger partial charge in [0.1, 0.15) is 0 Å². The molecular formula is C50H28N4S. The Morgan fingerprint density at radius 1 is 0.382 bits per heavy atom. The second-order valence-corrected chi connectivity index (χ2v) is 15.0. The molecule has 0 saturated carbocycles. The molecule has 3 heterocycles. The molecule has 0 aliphatic carbocycles. The van der Waals surface area contributed by atoms with Crippen molar-refractivity contribution in [2.45, 2.75) is 0 Å². The molecule has 11 rings (SSSR count). The lowest BCUT2D eigenvalue weighted by Gasteiger charge is -2.15. The lowest BCUT2D eigenvalue weighted by Crippen LogP contribution is -1.96. The predicted octanol–water partition coefficient (Wildman–Crippen LogP) is 13.3. The number of hydrogen-bond donors (Lipinski definition) is 0. The third kappa shape index (κ3) is 4.68. The standard InChI is InChI=1S/C50H28N4S/c51-29-31-19-21-44-41(25-31)39-15-3-5-17-43(39)53(44)35-11-7-9-33(27-35)37-13-1-2-14-38(37)34-10-8-12-36(28-34)54-45-22-20-32(30-52)26-42(45)49-46(54)23-24-48-50(49)40-16-4-6-18-47(40)55-48/h1-28H. The number of aromatic nitrogens is 2. The number of nitriles is 2. The van der Waals surface area contributed by atoms with Crippen molar-refractivity contribution >= 4 is 75.1 Å². The fourth-order valence-electron chi connectivity index (χ4n) is 8.61. The monoisotopic (exact) mass is 716 g/mol. The van der Waals surface area contributed by atoms with E-state index in [9.17, 15) is 10.5 Å². The van der Waals surface area contributed by atoms with Gasteiger partial charge in [-0.15, -0.1) is 11.3 Å². The van der Waals surface area contributed by atoms with Crippen LogP contribution in [0.1, 0.15) is 11.1 Å². The van der Waals surface area contributed by atoms with Gasteiger partial charge in [0, 0.05) is 53.1 Å². The van der Waals surface area contributed by atoms with E-state index in [1.165, 1.54) is 25.6 Å². The summed E-state index contributed by atoms with van der Waals surface area (Å²) in [5.41, 5.74) is 12.3. The van der Waals surface area contributed by atoms with Gasteiger partial charge in [-0.25, -0.2) is 0 Å². The Balaban J connectivity index is 1.09. The first kappa shape index (κ1) is 31.1. The number of para-hydroxylation sites is 1. The Morgan fingerprint density at radius 2 is 0.927 bits per heavy atom. The SMILES string of the molecule is N#Cc1ccc2c(c1)c1ccccc1n2-c1cccc(-c2ccccc2-c2cccc(-n3c4ccc(C#N)cc4c4c5c(ccc43)sc3ccccc35)c2)c1. The van der Waals surface area contributed by atoms with Crippen molar-refractivity contribution in [1.29, 1.82) is 10.5 Å². The zero-order valence-corrected chi connectivity index (χ0v) is 30.2. The predicted molar refractivity (Wildman–Crippen MR) is 228 cm³/mol. The highest BCUT2D eigenvalue weighted by molar-refractivity contribution is 7.26. The van der Waals surface area contributed by atoms with E-state index in [0.717, 1.165) is 71.9 Å². The van der Waals surface area contributed by atoms with Crippen LogP contribution in [0.15, 0.2) is 170 Å². The molecule has 0 unspecified atom stereocenters. The molecule has 0 atom stereocenters. The fraction of sp³-hybridized carbons (Fsp3) is 0. The highest BCUT2D eigenvalue weighted by Crippen LogP contribution is 2.44. The highest BCUT2D eigenvalue weighted by atomic mass is 32.1. The summed E-state index contributed by atoms with van der Waals surface area (Å²) in [6.07, 6.45) is 0. The van der Waals surface area contributed by atoms with Gasteiger partial charge in [-0.05, 0) is 107 Å². The van der Waals surface area contributed by atoms with Crippen LogP contribution in [0.3, 0.4) is 0 Å². The maximum atomic E-state index is 9.94. The van der Waals surface area contributed by atoms with Gasteiger partial charge in [-0.2, -0.15) is 10.5 Å². The molecule has 5 heteroatoms. The van der Waals surface area contributed by atoms with Crippen LogP contribution in [0.4, 0.5) is 0 Å². The molecule has 0 bridgehead atoms. The van der Waals surface area contributed by atoms with Crippen molar-refractivity contribution in [2.24, 2.45) is 0 Å². The van der Waals surface area contributed by atoms with Gasteiger partial charge >= 0.3 is 0 Å². The summed E-state index contributed by atoms with van der Waals surface area (Å²) in [6, 6.07) is 64.4. The quantitative estimate of drug-likeness (QED) is 0.182. The van der Waals surface area contributed by atoms with Crippen LogP contribution in [0.5, 0.6) is 0 Å². The molecule has 55 heavy (non-hydrogen) atoms. The molecule has 8 aromatic carbocycles. The topological polar surface area (TPSA) is 57.4 Å². The summed E-state index contributed by atoms with van der Waals surface area (Å²) in [6.45, 7) is 0. The van der Waals surface area contributed by atoms with Crippen molar-refractivity contribution in [2.75, 3.05) is 0 Å². The van der Waals surface area contributed by atoms with E-state index in [1.54, 1.807) is 0 Å². The summed E-state index contributed by atoms with van der Waals surface area (Å²) in [4.78, 5) is 0. The van der Waals surface area contributed by atoms with Crippen LogP contribution in [0.25, 0.3) is 97.4 Å². The third-order valence-corrected chi connectivity index (χ3v) is 12.1. The van der Waals surface area contributed by atoms with E-state index in [0.29, 0.717) is 11.1 Å². The lowest BCUT2D eigenvalue weighted by molar-refractivity contribution is 1.18. The summed E-state index contributed by atoms with van der Waals surface area (Å²) in [5.74, 6) is 0. The molecule has 0 aliphatic rings. The maximum Gasteiger partial charge on any atom is 0.0991 e. The Hall–Kier alpha value is -7.44. The molecule has 4 nitrogen and oxygen atoms in total. The van der Waals surface area contributed by atoms with Crippen molar-refractivity contribution in [3.8, 4) is 45.8 Å². The average Bonchev–Trinajstić information content (AvgIpc) is 3.90. The van der Waals surface area contributed by atoms with Gasteiger partial charge in [0.25, 0.3) is 0 Å². The van der Waals surface area contributed by atoms with Crippen molar-refractivity contribution in [1.82, 2.24) is 9.13 Å². The number of nitrogens with zero attached hydrogens (tertiary/aromatic N) is 4. The van der Waals surface area contributed by atoms with Gasteiger partial charge in [0.2, 0.25) is 0 Å². The molecule has 0 spiro atoms. The zero-order valence-electron chi connectivity index (χ0n) is 29.4. The third-order valence-electron chi connectivity index (χ3n) is 11.0. The molecule has 0 N–H and O–H groups in total. The van der Waals surface area contributed by atoms with Gasteiger partial charge in [0.05, 0.1) is 45.3 Å². The molecule has 254 valence electrons. The van der Waals surface area contributed by atoms with Crippen molar-refractivity contribution < 1.29 is 0 Å². The minimum absolute atomic E-state index is 0.654. The summed E-state index contributed by atoms with van der Waals surface area (Å²) in [7, 11) is 0. The van der Waals surface area contributed by atoms with Crippen molar-refractivity contribution in [3.05, 3.63) is 181 Å². The number of thiophene rings is 1. The van der Waals surface area contributed by atoms with E-state index < -0.39 is 0 Å². The smallest absolute Gasteiger partial charge is 0.0991 e. The first-order valence-electron chi connectivity index (χ1n) is 18.2. The molecule has 0 saturated heterocycles. The number of hydrogen-bond acceptors (Lipinski definition) is 3. The number of fused-ring (bicyclic) bond motifs is 10. The summed E-state index contributed by atoms with van der Waals surface area (Å²) < 4.78 is 7.15. The Morgan fingerprint density at radius 3 is 1.62 bits per heavy atom. The first-order valence-corrected chi connectivity index (χ1v) is 19.0. The Bertz CT molecular complexity index is 3470.